The van der Waals surface area contributed by atoms with E-state index in [0.29, 0.717) is 0 Å². The second kappa shape index (κ2) is 14.2. The molecule has 12 rings (SSSR count). The molecular weight excluding hydrogens is 729 g/mol. The van der Waals surface area contributed by atoms with E-state index in [1.807, 2.05) is 0 Å². The lowest BCUT2D eigenvalue weighted by atomic mass is 9.65. The van der Waals surface area contributed by atoms with E-state index in [-0.39, 0.29) is 30.5 Å². The molecule has 4 atom stereocenters. The zero-order chi connectivity index (χ0) is 39.6. The van der Waals surface area contributed by atoms with Crippen molar-refractivity contribution in [2.24, 2.45) is 0 Å². The van der Waals surface area contributed by atoms with E-state index >= 15 is 0 Å². The normalized spacial score (nSPS) is 21.9. The van der Waals surface area contributed by atoms with Gasteiger partial charge >= 0.3 is 0 Å². The summed E-state index contributed by atoms with van der Waals surface area (Å²) in [6.45, 7) is 0. The monoisotopic (exact) mass is 772 g/mol. The third kappa shape index (κ3) is 5.28. The average molecular weight is 773 g/mol. The molecule has 0 saturated carbocycles. The molecule has 4 unspecified atom stereocenters. The quantitative estimate of drug-likeness (QED) is 0.157. The molecule has 0 radical (unpaired) electrons. The van der Waals surface area contributed by atoms with Crippen molar-refractivity contribution in [1.29, 1.82) is 0 Å². The van der Waals surface area contributed by atoms with Crippen LogP contribution in [0.15, 0.2) is 218 Å². The summed E-state index contributed by atoms with van der Waals surface area (Å²) in [4.78, 5) is 2.64. The fraction of sp³-hybridized carbons (Fsp3) is 0.107. The Kier molecular flexibility index (Phi) is 8.31. The molecular formula is C56H44N4. The van der Waals surface area contributed by atoms with Crippen LogP contribution in [0.5, 0.6) is 0 Å². The highest BCUT2D eigenvalue weighted by Gasteiger charge is 2.53. The van der Waals surface area contributed by atoms with Crippen LogP contribution in [-0.2, 0) is 5.41 Å². The van der Waals surface area contributed by atoms with E-state index in [0.717, 1.165) is 0 Å². The summed E-state index contributed by atoms with van der Waals surface area (Å²) >= 11 is 0. The van der Waals surface area contributed by atoms with Crippen LogP contribution in [0.3, 0.4) is 0 Å². The fourth-order valence-corrected chi connectivity index (χ4v) is 10.9. The van der Waals surface area contributed by atoms with Crippen LogP contribution in [0.4, 0.5) is 11.4 Å². The zero-order valence-electron chi connectivity index (χ0n) is 33.1. The highest BCUT2D eigenvalue weighted by atomic mass is 15.4. The number of hydrogen-bond acceptors (Lipinski definition) is 4. The van der Waals surface area contributed by atoms with Gasteiger partial charge in [0, 0.05) is 17.0 Å². The summed E-state index contributed by atoms with van der Waals surface area (Å²) in [5, 5.41) is 14.2. The van der Waals surface area contributed by atoms with Crippen LogP contribution < -0.4 is 20.9 Å². The van der Waals surface area contributed by atoms with Gasteiger partial charge < -0.3 is 4.90 Å². The Balaban J connectivity index is 1.05. The number of nitrogens with zero attached hydrogens (tertiary/aromatic N) is 1. The SMILES string of the molecule is C1=CC2c3c4c(c5ccccc5c3N(c3ccc(C5NC(c6ccccc6)NC(c6ccccc6)N5)cc3)C2C=C1)-c1ccccc1C4(c1ccccc1)c1ccccc1. The highest BCUT2D eigenvalue weighted by molar-refractivity contribution is 6.13. The van der Waals surface area contributed by atoms with E-state index in [4.69, 9.17) is 0 Å². The van der Waals surface area contributed by atoms with Crippen LogP contribution in [0.25, 0.3) is 21.9 Å². The number of hydrogen-bond donors (Lipinski definition) is 3. The molecule has 2 aliphatic carbocycles. The predicted molar refractivity (Wildman–Crippen MR) is 245 cm³/mol. The van der Waals surface area contributed by atoms with E-state index in [1.54, 1.807) is 0 Å². The third-order valence-electron chi connectivity index (χ3n) is 13.4. The maximum Gasteiger partial charge on any atom is 0.0864 e. The van der Waals surface area contributed by atoms with Gasteiger partial charge in [0.05, 0.1) is 35.6 Å². The average Bonchev–Trinajstić information content (AvgIpc) is 3.84. The largest absolute Gasteiger partial charge is 0.333 e. The van der Waals surface area contributed by atoms with Gasteiger partial charge in [-0.3, -0.25) is 16.0 Å². The molecule has 4 aliphatic rings. The molecule has 0 amide bonds. The van der Waals surface area contributed by atoms with Gasteiger partial charge in [0.25, 0.3) is 0 Å². The van der Waals surface area contributed by atoms with Gasteiger partial charge in [-0.1, -0.05) is 206 Å². The maximum absolute atomic E-state index is 3.88. The van der Waals surface area contributed by atoms with Crippen molar-refractivity contribution in [2.45, 2.75) is 35.9 Å². The van der Waals surface area contributed by atoms with Crippen molar-refractivity contribution in [3.05, 3.63) is 263 Å². The molecule has 0 spiro atoms. The molecule has 8 aromatic rings. The van der Waals surface area contributed by atoms with Gasteiger partial charge in [-0.15, -0.1) is 0 Å². The Bertz CT molecular complexity index is 2840. The first kappa shape index (κ1) is 35.2. The Morgan fingerprint density at radius 1 is 0.433 bits per heavy atom. The van der Waals surface area contributed by atoms with E-state index in [2.05, 4.69) is 239 Å². The topological polar surface area (TPSA) is 39.3 Å². The summed E-state index contributed by atoms with van der Waals surface area (Å²) < 4.78 is 0. The van der Waals surface area contributed by atoms with Crippen molar-refractivity contribution in [3.63, 3.8) is 0 Å². The lowest BCUT2D eigenvalue weighted by molar-refractivity contribution is 0.203. The van der Waals surface area contributed by atoms with Crippen molar-refractivity contribution < 1.29 is 0 Å². The molecule has 1 fully saturated rings. The molecule has 2 aliphatic heterocycles. The third-order valence-corrected chi connectivity index (χ3v) is 13.4. The Morgan fingerprint density at radius 2 is 0.917 bits per heavy atom. The molecule has 60 heavy (non-hydrogen) atoms. The Hall–Kier alpha value is -6.82. The van der Waals surface area contributed by atoms with Gasteiger partial charge in [0.1, 0.15) is 0 Å². The lowest BCUT2D eigenvalue weighted by Gasteiger charge is -2.39. The molecule has 288 valence electrons. The van der Waals surface area contributed by atoms with Gasteiger partial charge in [-0.05, 0) is 73.2 Å². The molecule has 0 aromatic heterocycles. The minimum Gasteiger partial charge on any atom is -0.333 e. The van der Waals surface area contributed by atoms with Crippen LogP contribution in [-0.4, -0.2) is 6.04 Å². The first-order valence-electron chi connectivity index (χ1n) is 21.2. The van der Waals surface area contributed by atoms with Crippen molar-refractivity contribution >= 4 is 22.1 Å². The summed E-state index contributed by atoms with van der Waals surface area (Å²) in [6.07, 6.45) is 9.23. The fourth-order valence-electron chi connectivity index (χ4n) is 10.9. The Labute approximate surface area is 351 Å². The first-order chi connectivity index (χ1) is 29.8. The summed E-state index contributed by atoms with van der Waals surface area (Å²) in [6, 6.07) is 71.6. The second-order valence-electron chi connectivity index (χ2n) is 16.5. The minimum absolute atomic E-state index is 0.0280. The number of benzene rings is 8. The van der Waals surface area contributed by atoms with Gasteiger partial charge in [-0.25, -0.2) is 0 Å². The van der Waals surface area contributed by atoms with Crippen LogP contribution >= 0.6 is 0 Å². The predicted octanol–water partition coefficient (Wildman–Crippen LogP) is 12.1. The number of anilines is 2. The molecule has 4 nitrogen and oxygen atoms in total. The second-order valence-corrected chi connectivity index (χ2v) is 16.5. The summed E-state index contributed by atoms with van der Waals surface area (Å²) in [5.41, 5.74) is 15.0. The molecule has 8 aromatic carbocycles. The van der Waals surface area contributed by atoms with Crippen LogP contribution in [0.2, 0.25) is 0 Å². The van der Waals surface area contributed by atoms with E-state index in [1.165, 1.54) is 77.8 Å². The van der Waals surface area contributed by atoms with Crippen molar-refractivity contribution in [1.82, 2.24) is 16.0 Å². The summed E-state index contributed by atoms with van der Waals surface area (Å²) in [7, 11) is 0. The highest BCUT2D eigenvalue weighted by Crippen LogP contribution is 2.65. The molecule has 2 heterocycles. The van der Waals surface area contributed by atoms with Gasteiger partial charge in [0.2, 0.25) is 0 Å². The Morgan fingerprint density at radius 3 is 1.52 bits per heavy atom. The van der Waals surface area contributed by atoms with Crippen LogP contribution in [0.1, 0.15) is 68.9 Å². The maximum atomic E-state index is 3.88. The minimum atomic E-state index is -0.515. The van der Waals surface area contributed by atoms with Gasteiger partial charge in [-0.2, -0.15) is 0 Å². The molecule has 0 bridgehead atoms. The van der Waals surface area contributed by atoms with E-state index in [9.17, 15) is 0 Å². The van der Waals surface area contributed by atoms with Crippen LogP contribution in [0, 0.1) is 0 Å². The number of rotatable bonds is 6. The number of allylic oxidation sites excluding steroid dienone is 2. The standard InChI is InChI=1S/C56H44N4/c1-5-19-37(20-6-1)53-57-54(38-21-7-2-8-22-38)59-55(58-53)39-33-35-42(36-34-39)60-48-32-18-16-30-46(48)50-51-49(43-27-13-14-28-44(43)52(50)60)45-29-15-17-31-47(45)56(51,40-23-9-3-10-24-40)41-25-11-4-12-26-41/h1-36,46,48,53-55,57-59H. The number of fused-ring (bicyclic) bond motifs is 10. The zero-order valence-corrected chi connectivity index (χ0v) is 33.1. The lowest BCUT2D eigenvalue weighted by Crippen LogP contribution is -2.54. The number of nitrogens with one attached hydrogen (secondary N) is 3. The summed E-state index contributed by atoms with van der Waals surface area (Å²) in [5.74, 6) is 0.148. The molecule has 3 N–H and O–H groups in total. The van der Waals surface area contributed by atoms with E-state index < -0.39 is 5.41 Å². The first-order valence-corrected chi connectivity index (χ1v) is 21.2. The molecule has 1 saturated heterocycles. The van der Waals surface area contributed by atoms with Crippen molar-refractivity contribution in [2.75, 3.05) is 4.90 Å². The van der Waals surface area contributed by atoms with Gasteiger partial charge in [0.15, 0.2) is 0 Å². The molecule has 4 heteroatoms. The smallest absolute Gasteiger partial charge is 0.0864 e. The van der Waals surface area contributed by atoms with Crippen molar-refractivity contribution in [3.8, 4) is 11.1 Å².